The van der Waals surface area contributed by atoms with Crippen molar-refractivity contribution in [1.29, 1.82) is 0 Å². The lowest BCUT2D eigenvalue weighted by molar-refractivity contribution is -0.0641. The van der Waals surface area contributed by atoms with Crippen molar-refractivity contribution in [3.05, 3.63) is 0 Å². The highest BCUT2D eigenvalue weighted by molar-refractivity contribution is 4.80. The van der Waals surface area contributed by atoms with Crippen LogP contribution < -0.4 is 11.5 Å². The molecule has 0 bridgehead atoms. The number of nitrogens with two attached hydrogens (primary N) is 2. The summed E-state index contributed by atoms with van der Waals surface area (Å²) in [6.45, 7) is 19.3. The van der Waals surface area contributed by atoms with Crippen molar-refractivity contribution in [2.45, 2.75) is 84.1 Å². The van der Waals surface area contributed by atoms with Crippen molar-refractivity contribution in [2.24, 2.45) is 11.5 Å². The molecule has 0 aromatic carbocycles. The van der Waals surface area contributed by atoms with Crippen LogP contribution in [0.1, 0.15) is 61.8 Å². The van der Waals surface area contributed by atoms with E-state index in [1.165, 1.54) is 0 Å². The highest BCUT2D eigenvalue weighted by Crippen LogP contribution is 2.19. The molecule has 0 spiro atoms. The summed E-state index contributed by atoms with van der Waals surface area (Å²) < 4.78 is 11.9. The summed E-state index contributed by atoms with van der Waals surface area (Å²) >= 11 is 0. The van der Waals surface area contributed by atoms with E-state index in [1.807, 2.05) is 27.7 Å². The maximum atomic E-state index is 5.99. The Morgan fingerprint density at radius 3 is 1.52 bits per heavy atom. The molecular formula is C18H41N3O2. The summed E-state index contributed by atoms with van der Waals surface area (Å²) in [6, 6.07) is 0. The molecule has 23 heavy (non-hydrogen) atoms. The third kappa shape index (κ3) is 13.9. The Morgan fingerprint density at radius 1 is 0.739 bits per heavy atom. The average Bonchev–Trinajstić information content (AvgIpc) is 2.30. The molecule has 4 N–H and O–H groups in total. The van der Waals surface area contributed by atoms with Crippen molar-refractivity contribution >= 4 is 0 Å². The minimum absolute atomic E-state index is 0.185. The maximum absolute atomic E-state index is 5.99. The quantitative estimate of drug-likeness (QED) is 0.608. The highest BCUT2D eigenvalue weighted by atomic mass is 16.5. The molecule has 0 atom stereocenters. The summed E-state index contributed by atoms with van der Waals surface area (Å²) in [5.41, 5.74) is 11.0. The Morgan fingerprint density at radius 2 is 1.13 bits per heavy atom. The first-order valence-electron chi connectivity index (χ1n) is 8.56. The normalized spacial score (nSPS) is 14.6. The van der Waals surface area contributed by atoms with Crippen LogP contribution in [0.25, 0.3) is 0 Å². The SMILES string of the molecule is CN(CCC(C)(C)OCC(C)(C)N)CC(C)(C)OCC(C)(C)N. The number of ether oxygens (including phenoxy) is 2. The minimum atomic E-state index is -0.305. The van der Waals surface area contributed by atoms with Crippen LogP contribution >= 0.6 is 0 Å². The number of rotatable bonds is 11. The van der Waals surface area contributed by atoms with E-state index in [2.05, 4.69) is 39.6 Å². The van der Waals surface area contributed by atoms with Crippen molar-refractivity contribution in [2.75, 3.05) is 33.4 Å². The Hall–Kier alpha value is -0.200. The molecule has 0 rings (SSSR count). The monoisotopic (exact) mass is 331 g/mol. The Balaban J connectivity index is 4.25. The second-order valence-corrected chi connectivity index (χ2v) is 9.56. The number of likely N-dealkylation sites (N-methyl/N-ethyl adjacent to an activating group) is 1. The van der Waals surface area contributed by atoms with Crippen LogP contribution in [-0.2, 0) is 9.47 Å². The molecule has 0 aromatic rings. The Kier molecular flexibility index (Phi) is 8.18. The van der Waals surface area contributed by atoms with Gasteiger partial charge < -0.3 is 25.8 Å². The van der Waals surface area contributed by atoms with E-state index in [4.69, 9.17) is 20.9 Å². The lowest BCUT2D eigenvalue weighted by Gasteiger charge is -2.35. The third-order valence-corrected chi connectivity index (χ3v) is 3.42. The van der Waals surface area contributed by atoms with E-state index >= 15 is 0 Å². The fourth-order valence-electron chi connectivity index (χ4n) is 2.07. The Bertz CT molecular complexity index is 341. The van der Waals surface area contributed by atoms with Gasteiger partial charge in [-0.3, -0.25) is 0 Å². The van der Waals surface area contributed by atoms with Crippen molar-refractivity contribution < 1.29 is 9.47 Å². The molecule has 0 saturated carbocycles. The second kappa shape index (κ2) is 8.26. The van der Waals surface area contributed by atoms with Gasteiger partial charge in [0.05, 0.1) is 24.4 Å². The molecular weight excluding hydrogens is 290 g/mol. The zero-order chi connectivity index (χ0) is 18.5. The van der Waals surface area contributed by atoms with Crippen molar-refractivity contribution in [3.63, 3.8) is 0 Å². The van der Waals surface area contributed by atoms with Crippen LogP contribution in [0.4, 0.5) is 0 Å². The van der Waals surface area contributed by atoms with E-state index in [0.717, 1.165) is 19.5 Å². The van der Waals surface area contributed by atoms with Gasteiger partial charge in [0.2, 0.25) is 0 Å². The van der Waals surface area contributed by atoms with Gasteiger partial charge in [0, 0.05) is 24.2 Å². The van der Waals surface area contributed by atoms with Crippen LogP contribution in [0.15, 0.2) is 0 Å². The van der Waals surface area contributed by atoms with E-state index < -0.39 is 0 Å². The summed E-state index contributed by atoms with van der Waals surface area (Å²) in [6.07, 6.45) is 0.943. The molecule has 5 nitrogen and oxygen atoms in total. The van der Waals surface area contributed by atoms with E-state index in [9.17, 15) is 0 Å². The highest BCUT2D eigenvalue weighted by Gasteiger charge is 2.26. The van der Waals surface area contributed by atoms with Gasteiger partial charge >= 0.3 is 0 Å². The summed E-state index contributed by atoms with van der Waals surface area (Å²) in [5, 5.41) is 0. The standard InChI is InChI=1S/C18H41N3O2/c1-15(2,19)13-22-17(5,6)10-11-21(9)12-18(7,8)23-14-16(3,4)20/h10-14,19-20H2,1-9H3. The maximum Gasteiger partial charge on any atom is 0.0753 e. The molecule has 5 heteroatoms. The van der Waals surface area contributed by atoms with Gasteiger partial charge in [0.15, 0.2) is 0 Å². The number of nitrogens with zero attached hydrogens (tertiary/aromatic N) is 1. The first-order chi connectivity index (χ1) is 10.0. The molecule has 0 amide bonds. The molecule has 0 aliphatic heterocycles. The van der Waals surface area contributed by atoms with E-state index in [1.54, 1.807) is 0 Å². The van der Waals surface area contributed by atoms with Crippen LogP contribution in [0.3, 0.4) is 0 Å². The second-order valence-electron chi connectivity index (χ2n) is 9.56. The molecule has 0 aromatic heterocycles. The first kappa shape index (κ1) is 22.8. The average molecular weight is 332 g/mol. The predicted octanol–water partition coefficient (Wildman–Crippen LogP) is 2.37. The zero-order valence-electron chi connectivity index (χ0n) is 17.0. The van der Waals surface area contributed by atoms with Crippen molar-refractivity contribution in [1.82, 2.24) is 4.90 Å². The largest absolute Gasteiger partial charge is 0.374 e. The molecule has 0 saturated heterocycles. The molecule has 0 radical (unpaired) electrons. The smallest absolute Gasteiger partial charge is 0.0753 e. The van der Waals surface area contributed by atoms with Gasteiger partial charge in [-0.2, -0.15) is 0 Å². The summed E-state index contributed by atoms with van der Waals surface area (Å²) in [5.74, 6) is 0. The molecule has 0 unspecified atom stereocenters. The molecule has 0 aliphatic carbocycles. The lowest BCUT2D eigenvalue weighted by Crippen LogP contribution is -2.46. The zero-order valence-corrected chi connectivity index (χ0v) is 17.0. The topological polar surface area (TPSA) is 73.7 Å². The van der Waals surface area contributed by atoms with Gasteiger partial charge in [0.1, 0.15) is 0 Å². The fraction of sp³-hybridized carbons (Fsp3) is 1.00. The Labute approximate surface area is 144 Å². The summed E-state index contributed by atoms with van der Waals surface area (Å²) in [7, 11) is 2.11. The molecule has 0 heterocycles. The van der Waals surface area contributed by atoms with Crippen LogP contribution in [0.2, 0.25) is 0 Å². The minimum Gasteiger partial charge on any atom is -0.374 e. The van der Waals surface area contributed by atoms with Gasteiger partial charge in [0.25, 0.3) is 0 Å². The molecule has 0 aliphatic rings. The number of hydrogen-bond acceptors (Lipinski definition) is 5. The molecule has 0 fully saturated rings. The van der Waals surface area contributed by atoms with E-state index in [-0.39, 0.29) is 22.3 Å². The van der Waals surface area contributed by atoms with Crippen LogP contribution in [-0.4, -0.2) is 60.5 Å². The predicted molar refractivity (Wildman–Crippen MR) is 98.7 cm³/mol. The van der Waals surface area contributed by atoms with Crippen LogP contribution in [0, 0.1) is 0 Å². The first-order valence-corrected chi connectivity index (χ1v) is 8.56. The summed E-state index contributed by atoms with van der Waals surface area (Å²) in [4.78, 5) is 2.28. The van der Waals surface area contributed by atoms with E-state index in [0.29, 0.717) is 13.2 Å². The number of hydrogen-bond donors (Lipinski definition) is 2. The lowest BCUT2D eigenvalue weighted by atomic mass is 10.0. The van der Waals surface area contributed by atoms with Crippen molar-refractivity contribution in [3.8, 4) is 0 Å². The molecule has 140 valence electrons. The third-order valence-electron chi connectivity index (χ3n) is 3.42. The van der Waals surface area contributed by atoms with Gasteiger partial charge in [-0.1, -0.05) is 0 Å². The fourth-order valence-corrected chi connectivity index (χ4v) is 2.07. The van der Waals surface area contributed by atoms with Gasteiger partial charge in [-0.15, -0.1) is 0 Å². The van der Waals surface area contributed by atoms with Crippen LogP contribution in [0.5, 0.6) is 0 Å². The van der Waals surface area contributed by atoms with Gasteiger partial charge in [-0.05, 0) is 68.9 Å². The van der Waals surface area contributed by atoms with Gasteiger partial charge in [-0.25, -0.2) is 0 Å².